The third kappa shape index (κ3) is 4.56. The molecular formula is C60H35N3O. The number of benzene rings is 10. The van der Waals surface area contributed by atoms with Gasteiger partial charge in [-0.25, -0.2) is 0 Å². The summed E-state index contributed by atoms with van der Waals surface area (Å²) in [6.45, 7) is 0. The van der Waals surface area contributed by atoms with Crippen molar-refractivity contribution in [1.82, 2.24) is 13.5 Å². The largest absolute Gasteiger partial charge is 0.456 e. The van der Waals surface area contributed by atoms with Gasteiger partial charge in [0.05, 0.1) is 38.6 Å². The highest BCUT2D eigenvalue weighted by Crippen LogP contribution is 2.43. The van der Waals surface area contributed by atoms with Crippen LogP contribution in [0.2, 0.25) is 0 Å². The summed E-state index contributed by atoms with van der Waals surface area (Å²) in [6.07, 6.45) is 0. The number of rotatable bonds is 4. The maximum atomic E-state index is 6.34. The van der Waals surface area contributed by atoms with Crippen LogP contribution in [0.25, 0.3) is 137 Å². The summed E-state index contributed by atoms with van der Waals surface area (Å²) in [5.41, 5.74) is 17.4. The molecule has 15 rings (SSSR count). The number of hydrogen-bond donors (Lipinski definition) is 0. The van der Waals surface area contributed by atoms with E-state index in [1.54, 1.807) is 0 Å². The zero-order valence-corrected chi connectivity index (χ0v) is 34.5. The fourth-order valence-corrected chi connectivity index (χ4v) is 11.1. The van der Waals surface area contributed by atoms with Crippen LogP contribution >= 0.6 is 0 Å². The Balaban J connectivity index is 0.842. The lowest BCUT2D eigenvalue weighted by molar-refractivity contribution is 0.668. The molecule has 0 bridgehead atoms. The van der Waals surface area contributed by atoms with Crippen molar-refractivity contribution < 1.29 is 4.42 Å². The highest BCUT2D eigenvalue weighted by Gasteiger charge is 2.20. The van der Waals surface area contributed by atoms with Crippen LogP contribution in [0.4, 0.5) is 0 Å². The van der Waals surface area contributed by atoms with E-state index in [0.29, 0.717) is 0 Å². The van der Waals surface area contributed by atoms with E-state index in [1.807, 2.05) is 12.1 Å². The summed E-state index contributed by atoms with van der Waals surface area (Å²) >= 11 is 0. The molecule has 0 atom stereocenters. The molecule has 296 valence electrons. The molecule has 0 amide bonds. The first-order valence-electron chi connectivity index (χ1n) is 22.0. The zero-order chi connectivity index (χ0) is 41.6. The van der Waals surface area contributed by atoms with Crippen LogP contribution in [0.5, 0.6) is 0 Å². The van der Waals surface area contributed by atoms with Gasteiger partial charge in [-0.1, -0.05) is 115 Å². The van der Waals surface area contributed by atoms with E-state index in [2.05, 4.69) is 214 Å². The number of aromatic nitrogens is 3. The molecule has 5 heterocycles. The lowest BCUT2D eigenvalue weighted by Gasteiger charge is -2.11. The predicted molar refractivity (Wildman–Crippen MR) is 268 cm³/mol. The van der Waals surface area contributed by atoms with Crippen LogP contribution in [0.15, 0.2) is 217 Å². The van der Waals surface area contributed by atoms with Crippen LogP contribution in [0.3, 0.4) is 0 Å². The highest BCUT2D eigenvalue weighted by molar-refractivity contribution is 6.24. The topological polar surface area (TPSA) is 27.4 Å². The van der Waals surface area contributed by atoms with E-state index in [-0.39, 0.29) is 0 Å². The van der Waals surface area contributed by atoms with Gasteiger partial charge in [-0.15, -0.1) is 0 Å². The van der Waals surface area contributed by atoms with Crippen molar-refractivity contribution in [3.8, 4) is 33.6 Å². The molecule has 10 aromatic carbocycles. The molecule has 0 N–H and O–H groups in total. The summed E-state index contributed by atoms with van der Waals surface area (Å²) in [5, 5.41) is 12.4. The normalized spacial score (nSPS) is 12.4. The number of furan rings is 1. The Morgan fingerprint density at radius 1 is 0.250 bits per heavy atom. The first-order valence-corrected chi connectivity index (χ1v) is 22.0. The van der Waals surface area contributed by atoms with Gasteiger partial charge in [0.1, 0.15) is 11.2 Å². The van der Waals surface area contributed by atoms with Gasteiger partial charge in [0.15, 0.2) is 0 Å². The predicted octanol–water partition coefficient (Wildman–Crippen LogP) is 16.3. The molecule has 0 saturated heterocycles. The van der Waals surface area contributed by atoms with E-state index in [1.165, 1.54) is 104 Å². The zero-order valence-electron chi connectivity index (χ0n) is 34.5. The fraction of sp³-hybridized carbons (Fsp3) is 0. The van der Waals surface area contributed by atoms with Crippen molar-refractivity contribution in [2.24, 2.45) is 0 Å². The minimum atomic E-state index is 0.896. The number of para-hydroxylation sites is 5. The van der Waals surface area contributed by atoms with Crippen molar-refractivity contribution in [2.75, 3.05) is 0 Å². The van der Waals surface area contributed by atoms with Crippen LogP contribution in [-0.2, 0) is 0 Å². The molecule has 0 aliphatic carbocycles. The van der Waals surface area contributed by atoms with Crippen LogP contribution in [0.1, 0.15) is 0 Å². The van der Waals surface area contributed by atoms with Gasteiger partial charge in [0, 0.05) is 71.3 Å². The standard InChI is InChI=1S/C60H35N3O/c1-6-16-52-42(11-1)48-31-37(38-24-30-57-49(32-38)43-12-2-7-17-53(43)62(57)41-27-28-47-46-15-5-10-20-58(46)64-59(47)35-41)23-29-56(48)61(52)40-25-21-36(22-26-40)39-33-50-44-13-3-8-18-54(44)63-55-19-9-4-14-45(55)51(34-39)60(50)63/h1-35H. The molecule has 0 radical (unpaired) electrons. The van der Waals surface area contributed by atoms with Gasteiger partial charge in [-0.2, -0.15) is 0 Å². The summed E-state index contributed by atoms with van der Waals surface area (Å²) in [6, 6.07) is 77.8. The Labute approximate surface area is 366 Å². The Morgan fingerprint density at radius 2 is 0.672 bits per heavy atom. The Morgan fingerprint density at radius 3 is 1.27 bits per heavy atom. The molecule has 0 saturated carbocycles. The average molecular weight is 814 g/mol. The molecule has 0 aliphatic rings. The second kappa shape index (κ2) is 12.5. The van der Waals surface area contributed by atoms with E-state index in [4.69, 9.17) is 4.42 Å². The van der Waals surface area contributed by atoms with Crippen LogP contribution < -0.4 is 0 Å². The second-order valence-electron chi connectivity index (χ2n) is 17.3. The van der Waals surface area contributed by atoms with Crippen molar-refractivity contribution >= 4 is 104 Å². The van der Waals surface area contributed by atoms with Gasteiger partial charge >= 0.3 is 0 Å². The number of fused-ring (bicyclic) bond motifs is 15. The molecule has 0 aliphatic heterocycles. The van der Waals surface area contributed by atoms with Gasteiger partial charge in [0.25, 0.3) is 0 Å². The van der Waals surface area contributed by atoms with Gasteiger partial charge in [-0.3, -0.25) is 0 Å². The smallest absolute Gasteiger partial charge is 0.137 e. The first kappa shape index (κ1) is 34.0. The molecule has 15 aromatic rings. The maximum Gasteiger partial charge on any atom is 0.137 e. The van der Waals surface area contributed by atoms with E-state index >= 15 is 0 Å². The quantitative estimate of drug-likeness (QED) is 0.174. The molecule has 5 aromatic heterocycles. The van der Waals surface area contributed by atoms with Crippen molar-refractivity contribution in [3.05, 3.63) is 212 Å². The summed E-state index contributed by atoms with van der Waals surface area (Å²) in [7, 11) is 0. The lowest BCUT2D eigenvalue weighted by Crippen LogP contribution is -1.94. The Bertz CT molecular complexity index is 4340. The first-order chi connectivity index (χ1) is 31.7. The second-order valence-corrected chi connectivity index (χ2v) is 17.3. The molecule has 0 spiro atoms. The minimum Gasteiger partial charge on any atom is -0.456 e. The van der Waals surface area contributed by atoms with Crippen molar-refractivity contribution in [3.63, 3.8) is 0 Å². The molecular weight excluding hydrogens is 779 g/mol. The third-order valence-corrected chi connectivity index (χ3v) is 14.0. The Kier molecular flexibility index (Phi) is 6.65. The highest BCUT2D eigenvalue weighted by atomic mass is 16.3. The Hall–Kier alpha value is -8.60. The van der Waals surface area contributed by atoms with E-state index in [9.17, 15) is 0 Å². The average Bonchev–Trinajstić information content (AvgIpc) is 4.15. The monoisotopic (exact) mass is 813 g/mol. The summed E-state index contributed by atoms with van der Waals surface area (Å²) < 4.78 is 13.6. The van der Waals surface area contributed by atoms with Crippen LogP contribution in [0, 0.1) is 0 Å². The van der Waals surface area contributed by atoms with Crippen molar-refractivity contribution in [1.29, 1.82) is 0 Å². The molecule has 0 fully saturated rings. The van der Waals surface area contributed by atoms with E-state index < -0.39 is 0 Å². The van der Waals surface area contributed by atoms with Crippen LogP contribution in [-0.4, -0.2) is 13.5 Å². The third-order valence-electron chi connectivity index (χ3n) is 14.0. The van der Waals surface area contributed by atoms with Gasteiger partial charge < -0.3 is 18.0 Å². The fourth-order valence-electron chi connectivity index (χ4n) is 11.1. The number of hydrogen-bond acceptors (Lipinski definition) is 1. The lowest BCUT2D eigenvalue weighted by atomic mass is 9.99. The maximum absolute atomic E-state index is 6.34. The SMILES string of the molecule is c1ccc2c(c1)oc1cc(-n3c4ccccc4c4cc(-c5ccc6c(c5)c5ccccc5n6-c5ccc(-c6cc7c8ccccc8n8c9ccccc9c(c6)c78)cc5)ccc43)ccc12. The van der Waals surface area contributed by atoms with Gasteiger partial charge in [0.2, 0.25) is 0 Å². The number of nitrogens with zero attached hydrogens (tertiary/aromatic N) is 3. The molecule has 0 unspecified atom stereocenters. The van der Waals surface area contributed by atoms with E-state index in [0.717, 1.165) is 33.3 Å². The molecule has 64 heavy (non-hydrogen) atoms. The van der Waals surface area contributed by atoms with Gasteiger partial charge in [-0.05, 0) is 113 Å². The summed E-state index contributed by atoms with van der Waals surface area (Å²) in [5.74, 6) is 0. The summed E-state index contributed by atoms with van der Waals surface area (Å²) in [4.78, 5) is 0. The molecule has 4 nitrogen and oxygen atoms in total. The molecule has 4 heteroatoms. The minimum absolute atomic E-state index is 0.896. The van der Waals surface area contributed by atoms with Crippen molar-refractivity contribution in [2.45, 2.75) is 0 Å².